The van der Waals surface area contributed by atoms with Gasteiger partial charge in [-0.15, -0.1) is 0 Å². The molecule has 4 atom stereocenters. The summed E-state index contributed by atoms with van der Waals surface area (Å²) in [7, 11) is 0. The highest BCUT2D eigenvalue weighted by atomic mass is 35.5. The number of benzene rings is 4. The number of carbonyl (C=O) groups excluding carboxylic acids is 4. The third kappa shape index (κ3) is 4.02. The molecule has 3 heterocycles. The van der Waals surface area contributed by atoms with E-state index in [4.69, 9.17) is 11.6 Å². The molecule has 0 aromatic heterocycles. The summed E-state index contributed by atoms with van der Waals surface area (Å²) in [6.07, 6.45) is 5.07. The van der Waals surface area contributed by atoms with Crippen molar-refractivity contribution in [3.05, 3.63) is 137 Å². The maximum atomic E-state index is 14.1. The van der Waals surface area contributed by atoms with Gasteiger partial charge in [0.05, 0.1) is 23.6 Å². The predicted molar refractivity (Wildman–Crippen MR) is 157 cm³/mol. The number of rotatable bonds is 5. The maximum Gasteiger partial charge on any atom is 0.240 e. The Morgan fingerprint density at radius 1 is 0.707 bits per heavy atom. The number of imide groups is 1. The zero-order chi connectivity index (χ0) is 28.2. The van der Waals surface area contributed by atoms with Crippen LogP contribution in [0.1, 0.15) is 20.7 Å². The number of ketones is 2. The largest absolute Gasteiger partial charge is 0.359 e. The SMILES string of the molecule is O=C(C1=C[C@H]2[C@@H]3C(=O)N(c4ccc5ccccc5c4)C(=O)[C@@H]3[C@H](C(=O)c3ccc(Cl)cc3)N2C=C1)c1ccccc1. The lowest BCUT2D eigenvalue weighted by Gasteiger charge is -2.32. The molecule has 2 fully saturated rings. The highest BCUT2D eigenvalue weighted by Gasteiger charge is 2.63. The molecule has 2 saturated heterocycles. The fourth-order valence-corrected chi connectivity index (χ4v) is 6.44. The van der Waals surface area contributed by atoms with Crippen molar-refractivity contribution < 1.29 is 19.2 Å². The van der Waals surface area contributed by atoms with E-state index in [1.165, 1.54) is 4.90 Å². The van der Waals surface area contributed by atoms with Crippen molar-refractivity contribution in [2.75, 3.05) is 4.90 Å². The Morgan fingerprint density at radius 2 is 1.39 bits per heavy atom. The lowest BCUT2D eigenvalue weighted by atomic mass is 9.85. The fraction of sp³-hybridized carbons (Fsp3) is 0.118. The normalized spacial score (nSPS) is 23.0. The Bertz CT molecular complexity index is 1810. The zero-order valence-corrected chi connectivity index (χ0v) is 22.4. The quantitative estimate of drug-likeness (QED) is 0.226. The third-order valence-electron chi connectivity index (χ3n) is 8.23. The average Bonchev–Trinajstić information content (AvgIpc) is 3.48. The highest BCUT2D eigenvalue weighted by molar-refractivity contribution is 6.30. The number of halogens is 1. The first-order valence-corrected chi connectivity index (χ1v) is 13.7. The first kappa shape index (κ1) is 25.2. The Labute approximate surface area is 241 Å². The molecule has 3 aliphatic rings. The molecule has 6 nitrogen and oxygen atoms in total. The van der Waals surface area contributed by atoms with Crippen LogP contribution in [0.4, 0.5) is 5.69 Å². The van der Waals surface area contributed by atoms with Gasteiger partial charge in [-0.05, 0) is 53.2 Å². The monoisotopic (exact) mass is 558 g/mol. The molecule has 7 heteroatoms. The van der Waals surface area contributed by atoms with Crippen LogP contribution in [0.25, 0.3) is 10.8 Å². The number of carbonyl (C=O) groups is 4. The molecule has 0 aliphatic carbocycles. The molecule has 0 spiro atoms. The number of nitrogens with zero attached hydrogens (tertiary/aromatic N) is 2. The standard InChI is InChI=1S/C34H23ClN2O4/c35-25-13-10-22(11-14-25)32(39)30-29-28(27-19-24(16-17-36(27)30)31(38)21-7-2-1-3-8-21)33(40)37(34(29)41)26-15-12-20-6-4-5-9-23(20)18-26/h1-19,27-30H/t27-,28-,29-,30+/m0/s1. The Hall–Kier alpha value is -4.81. The molecule has 3 aliphatic heterocycles. The second-order valence-electron chi connectivity index (χ2n) is 10.5. The van der Waals surface area contributed by atoms with Gasteiger partial charge in [-0.1, -0.05) is 78.3 Å². The van der Waals surface area contributed by atoms with Gasteiger partial charge in [0.25, 0.3) is 0 Å². The van der Waals surface area contributed by atoms with E-state index in [9.17, 15) is 19.2 Å². The van der Waals surface area contributed by atoms with E-state index < -0.39 is 29.8 Å². The summed E-state index contributed by atoms with van der Waals surface area (Å²) < 4.78 is 0. The Morgan fingerprint density at radius 3 is 2.15 bits per heavy atom. The summed E-state index contributed by atoms with van der Waals surface area (Å²) in [6.45, 7) is 0. The Balaban J connectivity index is 1.32. The van der Waals surface area contributed by atoms with Gasteiger partial charge in [-0.2, -0.15) is 0 Å². The topological polar surface area (TPSA) is 74.8 Å². The van der Waals surface area contributed by atoms with E-state index in [-0.39, 0.29) is 17.5 Å². The fourth-order valence-electron chi connectivity index (χ4n) is 6.31. The summed E-state index contributed by atoms with van der Waals surface area (Å²) in [5.41, 5.74) is 1.80. The van der Waals surface area contributed by atoms with Crippen LogP contribution < -0.4 is 4.90 Å². The number of allylic oxidation sites excluding steroid dienone is 2. The predicted octanol–water partition coefficient (Wildman–Crippen LogP) is 5.87. The van der Waals surface area contributed by atoms with Crippen LogP contribution in [-0.2, 0) is 9.59 Å². The van der Waals surface area contributed by atoms with Crippen LogP contribution in [0.2, 0.25) is 5.02 Å². The van der Waals surface area contributed by atoms with Crippen molar-refractivity contribution in [1.82, 2.24) is 4.90 Å². The summed E-state index contributed by atoms with van der Waals surface area (Å²) in [6, 6.07) is 27.0. The number of hydrogen-bond donors (Lipinski definition) is 0. The molecule has 0 unspecified atom stereocenters. The summed E-state index contributed by atoms with van der Waals surface area (Å²) in [4.78, 5) is 58.5. The van der Waals surface area contributed by atoms with Crippen molar-refractivity contribution in [3.63, 3.8) is 0 Å². The minimum atomic E-state index is -0.922. The second-order valence-corrected chi connectivity index (χ2v) is 10.9. The first-order valence-electron chi connectivity index (χ1n) is 13.4. The van der Waals surface area contributed by atoms with Crippen molar-refractivity contribution in [2.24, 2.45) is 11.8 Å². The van der Waals surface area contributed by atoms with E-state index in [0.29, 0.717) is 27.4 Å². The number of fused-ring (bicyclic) bond motifs is 4. The smallest absolute Gasteiger partial charge is 0.240 e. The summed E-state index contributed by atoms with van der Waals surface area (Å²) in [5.74, 6) is -3.03. The lowest BCUT2D eigenvalue weighted by Crippen LogP contribution is -2.46. The molecule has 2 amide bonds. The molecule has 4 aromatic carbocycles. The minimum absolute atomic E-state index is 0.186. The van der Waals surface area contributed by atoms with Gasteiger partial charge in [-0.3, -0.25) is 19.2 Å². The van der Waals surface area contributed by atoms with Crippen molar-refractivity contribution in [3.8, 4) is 0 Å². The molecule has 41 heavy (non-hydrogen) atoms. The molecule has 200 valence electrons. The number of anilines is 1. The number of Topliss-reactive ketones (excluding diaryl/α,β-unsaturated/α-hetero) is 2. The van der Waals surface area contributed by atoms with Gasteiger partial charge in [0, 0.05) is 27.9 Å². The summed E-state index contributed by atoms with van der Waals surface area (Å²) in [5, 5.41) is 2.37. The van der Waals surface area contributed by atoms with Crippen LogP contribution in [0.15, 0.2) is 121 Å². The number of amides is 2. The van der Waals surface area contributed by atoms with Crippen LogP contribution in [0, 0.1) is 11.8 Å². The van der Waals surface area contributed by atoms with Gasteiger partial charge < -0.3 is 4.90 Å². The molecule has 0 radical (unpaired) electrons. The van der Waals surface area contributed by atoms with E-state index in [2.05, 4.69) is 0 Å². The lowest BCUT2D eigenvalue weighted by molar-refractivity contribution is -0.123. The molecule has 0 N–H and O–H groups in total. The van der Waals surface area contributed by atoms with Crippen LogP contribution in [-0.4, -0.2) is 40.4 Å². The molecular formula is C34H23ClN2O4. The molecule has 0 saturated carbocycles. The van der Waals surface area contributed by atoms with Crippen LogP contribution >= 0.6 is 11.6 Å². The van der Waals surface area contributed by atoms with Crippen LogP contribution in [0.5, 0.6) is 0 Å². The summed E-state index contributed by atoms with van der Waals surface area (Å²) >= 11 is 6.06. The van der Waals surface area contributed by atoms with E-state index in [1.807, 2.05) is 42.5 Å². The molecule has 0 bridgehead atoms. The van der Waals surface area contributed by atoms with Crippen molar-refractivity contribution >= 4 is 51.4 Å². The maximum absolute atomic E-state index is 14.1. The molecule has 4 aromatic rings. The van der Waals surface area contributed by atoms with Gasteiger partial charge >= 0.3 is 0 Å². The van der Waals surface area contributed by atoms with E-state index >= 15 is 0 Å². The van der Waals surface area contributed by atoms with Gasteiger partial charge in [0.1, 0.15) is 6.04 Å². The van der Waals surface area contributed by atoms with E-state index in [1.54, 1.807) is 77.8 Å². The molecule has 7 rings (SSSR count). The Kier molecular flexibility index (Phi) is 5.94. The first-order chi connectivity index (χ1) is 19.9. The van der Waals surface area contributed by atoms with E-state index in [0.717, 1.165) is 10.8 Å². The van der Waals surface area contributed by atoms with Crippen molar-refractivity contribution in [1.29, 1.82) is 0 Å². The minimum Gasteiger partial charge on any atom is -0.359 e. The third-order valence-corrected chi connectivity index (χ3v) is 8.49. The highest BCUT2D eigenvalue weighted by Crippen LogP contribution is 2.47. The average molecular weight is 559 g/mol. The van der Waals surface area contributed by atoms with Gasteiger partial charge in [0.15, 0.2) is 11.6 Å². The number of hydrogen-bond acceptors (Lipinski definition) is 5. The zero-order valence-electron chi connectivity index (χ0n) is 21.7. The van der Waals surface area contributed by atoms with Gasteiger partial charge in [-0.25, -0.2) is 4.90 Å². The van der Waals surface area contributed by atoms with Crippen molar-refractivity contribution in [2.45, 2.75) is 12.1 Å². The van der Waals surface area contributed by atoms with Gasteiger partial charge in [0.2, 0.25) is 11.8 Å². The second kappa shape index (κ2) is 9.68. The van der Waals surface area contributed by atoms with Crippen LogP contribution in [0.3, 0.4) is 0 Å². The molecular weight excluding hydrogens is 536 g/mol.